The van der Waals surface area contributed by atoms with E-state index in [1.165, 1.54) is 0 Å². The Morgan fingerprint density at radius 3 is 2.77 bits per heavy atom. The zero-order valence-corrected chi connectivity index (χ0v) is 6.99. The number of H-pyrrole nitrogens is 1. The largest absolute Gasteiger partial charge is 0.548 e. The van der Waals surface area contributed by atoms with Crippen molar-refractivity contribution >= 4 is 5.97 Å². The molecule has 6 nitrogen and oxygen atoms in total. The molecular weight excluding hydrogens is 176 g/mol. The van der Waals surface area contributed by atoms with Crippen molar-refractivity contribution in [2.75, 3.05) is 0 Å². The van der Waals surface area contributed by atoms with E-state index in [0.717, 1.165) is 0 Å². The van der Waals surface area contributed by atoms with Gasteiger partial charge in [-0.1, -0.05) is 0 Å². The van der Waals surface area contributed by atoms with Crippen molar-refractivity contribution in [3.05, 3.63) is 21.7 Å². The second-order valence-electron chi connectivity index (χ2n) is 2.70. The van der Waals surface area contributed by atoms with Crippen molar-refractivity contribution in [2.45, 2.75) is 19.4 Å². The van der Waals surface area contributed by atoms with Gasteiger partial charge in [0.2, 0.25) is 0 Å². The van der Waals surface area contributed by atoms with Crippen LogP contribution in [0.5, 0.6) is 0 Å². The van der Waals surface area contributed by atoms with Gasteiger partial charge in [0.1, 0.15) is 5.76 Å². The number of carbonyl (C=O) groups excluding carboxylic acids is 1. The Hall–Kier alpha value is -1.56. The normalized spacial score (nSPS) is 12.8. The number of aliphatic carboxylic acids is 1. The molecule has 1 rings (SSSR count). The van der Waals surface area contributed by atoms with E-state index in [2.05, 4.69) is 9.68 Å². The highest BCUT2D eigenvalue weighted by Gasteiger charge is 2.13. The van der Waals surface area contributed by atoms with Crippen molar-refractivity contribution in [1.82, 2.24) is 5.16 Å². The third-order valence-corrected chi connectivity index (χ3v) is 1.72. The molecule has 0 bridgehead atoms. The average molecular weight is 185 g/mol. The highest BCUT2D eigenvalue weighted by molar-refractivity contribution is 5.71. The molecule has 1 heterocycles. The number of carboxylic acid groups (broad SMARTS) is 1. The minimum atomic E-state index is -1.39. The van der Waals surface area contributed by atoms with E-state index in [0.29, 0.717) is 5.76 Å². The Morgan fingerprint density at radius 1 is 1.77 bits per heavy atom. The van der Waals surface area contributed by atoms with Gasteiger partial charge in [0.05, 0.1) is 11.5 Å². The molecule has 1 atom stereocenters. The fourth-order valence-corrected chi connectivity index (χ4v) is 0.946. The second-order valence-corrected chi connectivity index (χ2v) is 2.70. The summed E-state index contributed by atoms with van der Waals surface area (Å²) in [4.78, 5) is 21.2. The van der Waals surface area contributed by atoms with Crippen LogP contribution in [0.2, 0.25) is 0 Å². The average Bonchev–Trinajstić information content (AvgIpc) is 2.35. The number of carboxylic acids is 1. The smallest absolute Gasteiger partial charge is 0.283 e. The van der Waals surface area contributed by atoms with Crippen molar-refractivity contribution in [3.8, 4) is 0 Å². The summed E-state index contributed by atoms with van der Waals surface area (Å²) in [5.74, 6) is -1.04. The zero-order chi connectivity index (χ0) is 10.0. The van der Waals surface area contributed by atoms with E-state index in [-0.39, 0.29) is 12.0 Å². The molecule has 72 valence electrons. The fraction of sp³-hybridized carbons (Fsp3) is 0.429. The number of aromatic amines is 1. The third-order valence-electron chi connectivity index (χ3n) is 1.72. The second kappa shape index (κ2) is 3.44. The van der Waals surface area contributed by atoms with Gasteiger partial charge in [-0.3, -0.25) is 4.79 Å². The molecule has 13 heavy (non-hydrogen) atoms. The minimum absolute atomic E-state index is 0.0833. The van der Waals surface area contributed by atoms with Gasteiger partial charge < -0.3 is 20.2 Å². The van der Waals surface area contributed by atoms with Crippen LogP contribution in [0, 0.1) is 6.92 Å². The van der Waals surface area contributed by atoms with Crippen LogP contribution in [0.15, 0.2) is 9.32 Å². The van der Waals surface area contributed by atoms with Crippen molar-refractivity contribution in [3.63, 3.8) is 0 Å². The van der Waals surface area contributed by atoms with Gasteiger partial charge in [0.25, 0.3) is 5.56 Å². The molecule has 1 aromatic rings. The first kappa shape index (κ1) is 9.53. The lowest BCUT2D eigenvalue weighted by molar-refractivity contribution is -0.307. The predicted octanol–water partition coefficient (Wildman–Crippen LogP) is -2.10. The van der Waals surface area contributed by atoms with Gasteiger partial charge in [-0.15, -0.1) is 0 Å². The first-order valence-electron chi connectivity index (χ1n) is 3.65. The highest BCUT2D eigenvalue weighted by atomic mass is 16.5. The Bertz CT molecular complexity index is 365. The van der Waals surface area contributed by atoms with E-state index in [1.54, 1.807) is 6.92 Å². The van der Waals surface area contributed by atoms with E-state index < -0.39 is 17.6 Å². The lowest BCUT2D eigenvalue weighted by Gasteiger charge is -2.10. The fourth-order valence-electron chi connectivity index (χ4n) is 0.946. The number of hydrogen-bond donors (Lipinski definition) is 2. The molecule has 0 fully saturated rings. The van der Waals surface area contributed by atoms with Crippen LogP contribution in [0.1, 0.15) is 11.3 Å². The maximum absolute atomic E-state index is 11.0. The molecule has 0 aliphatic heterocycles. The molecule has 1 aromatic heterocycles. The van der Waals surface area contributed by atoms with Crippen LogP contribution in [-0.4, -0.2) is 17.2 Å². The van der Waals surface area contributed by atoms with Crippen molar-refractivity contribution in [1.29, 1.82) is 0 Å². The first-order chi connectivity index (χ1) is 6.02. The number of rotatable bonds is 3. The number of carbonyl (C=O) groups is 1. The summed E-state index contributed by atoms with van der Waals surface area (Å²) >= 11 is 0. The van der Waals surface area contributed by atoms with Crippen LogP contribution in [0.25, 0.3) is 0 Å². The standard InChI is InChI=1S/C7H10N2O4/c1-3-4(6(10)9-13-3)2-5(8)7(11)12/h5H,2,8H2,1H3,(H,9,10)(H,11,12)/p-1. The highest BCUT2D eigenvalue weighted by Crippen LogP contribution is 2.02. The van der Waals surface area contributed by atoms with Gasteiger partial charge in [-0.05, 0) is 6.92 Å². The predicted molar refractivity (Wildman–Crippen MR) is 40.8 cm³/mol. The van der Waals surface area contributed by atoms with E-state index >= 15 is 0 Å². The Morgan fingerprint density at radius 2 is 2.38 bits per heavy atom. The molecule has 6 heteroatoms. The summed E-state index contributed by atoms with van der Waals surface area (Å²) in [6.07, 6.45) is -0.0833. The maximum atomic E-state index is 11.0. The SMILES string of the molecule is Cc1o[nH]c(=O)c1CC(N)C(=O)[O-]. The van der Waals surface area contributed by atoms with Crippen LogP contribution >= 0.6 is 0 Å². The number of nitrogens with two attached hydrogens (primary N) is 1. The number of nitrogens with one attached hydrogen (secondary N) is 1. The number of aromatic nitrogens is 1. The van der Waals surface area contributed by atoms with Crippen LogP contribution in [0.4, 0.5) is 0 Å². The first-order valence-corrected chi connectivity index (χ1v) is 3.65. The molecule has 0 radical (unpaired) electrons. The summed E-state index contributed by atoms with van der Waals surface area (Å²) in [6.45, 7) is 1.55. The van der Waals surface area contributed by atoms with E-state index in [9.17, 15) is 14.7 Å². The quantitative estimate of drug-likeness (QED) is 0.560. The maximum Gasteiger partial charge on any atom is 0.283 e. The van der Waals surface area contributed by atoms with Crippen LogP contribution < -0.4 is 16.4 Å². The third kappa shape index (κ3) is 1.97. The molecule has 0 aromatic carbocycles. The summed E-state index contributed by atoms with van der Waals surface area (Å²) in [6, 6.07) is -1.18. The summed E-state index contributed by atoms with van der Waals surface area (Å²) < 4.78 is 4.67. The molecule has 0 amide bonds. The van der Waals surface area contributed by atoms with E-state index in [1.807, 2.05) is 0 Å². The molecule has 1 unspecified atom stereocenters. The molecule has 0 aliphatic carbocycles. The van der Waals surface area contributed by atoms with Gasteiger partial charge in [-0.25, -0.2) is 0 Å². The van der Waals surface area contributed by atoms with Crippen LogP contribution in [0.3, 0.4) is 0 Å². The van der Waals surface area contributed by atoms with Gasteiger partial charge in [0, 0.05) is 12.5 Å². The Labute approximate surface area is 73.3 Å². The minimum Gasteiger partial charge on any atom is -0.548 e. The van der Waals surface area contributed by atoms with Crippen molar-refractivity contribution in [2.24, 2.45) is 5.73 Å². The summed E-state index contributed by atoms with van der Waals surface area (Å²) in [5.41, 5.74) is 4.99. The summed E-state index contributed by atoms with van der Waals surface area (Å²) in [7, 11) is 0. The van der Waals surface area contributed by atoms with E-state index in [4.69, 9.17) is 5.73 Å². The summed E-state index contributed by atoms with van der Waals surface area (Å²) in [5, 5.41) is 12.4. The molecular formula is C7H9N2O4-. The monoisotopic (exact) mass is 185 g/mol. The molecule has 0 spiro atoms. The van der Waals surface area contributed by atoms with Gasteiger partial charge in [-0.2, -0.15) is 5.16 Å². The Kier molecular flexibility index (Phi) is 2.52. The van der Waals surface area contributed by atoms with Gasteiger partial charge in [0.15, 0.2) is 0 Å². The number of aryl methyl sites for hydroxylation is 1. The number of hydrogen-bond acceptors (Lipinski definition) is 5. The van der Waals surface area contributed by atoms with Crippen molar-refractivity contribution < 1.29 is 14.4 Å². The lowest BCUT2D eigenvalue weighted by Crippen LogP contribution is -2.43. The molecule has 3 N–H and O–H groups in total. The molecule has 0 aliphatic rings. The van der Waals surface area contributed by atoms with Gasteiger partial charge >= 0.3 is 0 Å². The Balaban J connectivity index is 2.85. The molecule has 0 saturated heterocycles. The lowest BCUT2D eigenvalue weighted by atomic mass is 10.1. The topological polar surface area (TPSA) is 112 Å². The molecule has 0 saturated carbocycles. The zero-order valence-electron chi connectivity index (χ0n) is 6.99. The van der Waals surface area contributed by atoms with Crippen LogP contribution in [-0.2, 0) is 11.2 Å².